The highest BCUT2D eigenvalue weighted by Gasteiger charge is 2.00. The van der Waals surface area contributed by atoms with Gasteiger partial charge in [0, 0.05) is 31.1 Å². The molecule has 106 valence electrons. The van der Waals surface area contributed by atoms with Gasteiger partial charge in [-0.3, -0.25) is 4.79 Å². The quantitative estimate of drug-likeness (QED) is 0.671. The molecule has 1 rings (SSSR count). The minimum atomic E-state index is -0.707. The predicted molar refractivity (Wildman–Crippen MR) is 75.4 cm³/mol. The Morgan fingerprint density at radius 3 is 2.68 bits per heavy atom. The number of anilines is 1. The number of aryl methyl sites for hydroxylation is 2. The Bertz CT molecular complexity index is 408. The summed E-state index contributed by atoms with van der Waals surface area (Å²) in [4.78, 5) is 19.1. The third kappa shape index (κ3) is 6.74. The Hall–Kier alpha value is -1.65. The first-order valence-electron chi connectivity index (χ1n) is 6.92. The van der Waals surface area contributed by atoms with Crippen LogP contribution in [0.2, 0.25) is 0 Å². The highest BCUT2D eigenvalue weighted by atomic mass is 16.4. The molecule has 1 aromatic heterocycles. The van der Waals surface area contributed by atoms with E-state index in [9.17, 15) is 4.79 Å². The van der Waals surface area contributed by atoms with Crippen molar-refractivity contribution in [1.82, 2.24) is 9.97 Å². The molecule has 0 spiro atoms. The summed E-state index contributed by atoms with van der Waals surface area (Å²) in [5.74, 6) is 1.04. The summed E-state index contributed by atoms with van der Waals surface area (Å²) < 4.78 is 0. The highest BCUT2D eigenvalue weighted by Crippen LogP contribution is 2.08. The van der Waals surface area contributed by atoms with Gasteiger partial charge in [-0.2, -0.15) is 0 Å². The summed E-state index contributed by atoms with van der Waals surface area (Å²) in [7, 11) is 0. The summed E-state index contributed by atoms with van der Waals surface area (Å²) in [5.41, 5.74) is 0.982. The van der Waals surface area contributed by atoms with Gasteiger partial charge >= 0.3 is 5.97 Å². The molecule has 1 aromatic rings. The SMILES string of the molecule is CCc1nc(C)cc(NCCCCCCC(=O)O)n1. The van der Waals surface area contributed by atoms with Crippen molar-refractivity contribution >= 4 is 11.8 Å². The van der Waals surface area contributed by atoms with Gasteiger partial charge < -0.3 is 10.4 Å². The molecule has 0 aliphatic heterocycles. The average Bonchev–Trinajstić information content (AvgIpc) is 2.36. The van der Waals surface area contributed by atoms with Crippen LogP contribution in [0, 0.1) is 6.92 Å². The van der Waals surface area contributed by atoms with Gasteiger partial charge in [0.05, 0.1) is 0 Å². The Morgan fingerprint density at radius 2 is 2.00 bits per heavy atom. The van der Waals surface area contributed by atoms with E-state index in [-0.39, 0.29) is 6.42 Å². The van der Waals surface area contributed by atoms with Crippen LogP contribution in [0.15, 0.2) is 6.07 Å². The summed E-state index contributed by atoms with van der Waals surface area (Å²) >= 11 is 0. The fraction of sp³-hybridized carbons (Fsp3) is 0.643. The molecule has 5 nitrogen and oxygen atoms in total. The third-order valence-electron chi connectivity index (χ3n) is 2.84. The molecule has 0 aliphatic rings. The average molecular weight is 265 g/mol. The Balaban J connectivity index is 2.18. The van der Waals surface area contributed by atoms with Crippen molar-refractivity contribution in [2.45, 2.75) is 52.4 Å². The normalized spacial score (nSPS) is 10.4. The number of hydrogen-bond donors (Lipinski definition) is 2. The fourth-order valence-electron chi connectivity index (χ4n) is 1.85. The first kappa shape index (κ1) is 15.4. The van der Waals surface area contributed by atoms with Crippen LogP contribution in [0.1, 0.15) is 50.5 Å². The number of hydrogen-bond acceptors (Lipinski definition) is 4. The molecule has 1 heterocycles. The van der Waals surface area contributed by atoms with Crippen LogP contribution >= 0.6 is 0 Å². The van der Waals surface area contributed by atoms with Crippen LogP contribution in [0.5, 0.6) is 0 Å². The van der Waals surface area contributed by atoms with Gasteiger partial charge in [0.15, 0.2) is 0 Å². The number of carboxylic acids is 1. The second-order valence-electron chi connectivity index (χ2n) is 4.65. The molecule has 0 unspecified atom stereocenters. The summed E-state index contributed by atoms with van der Waals surface area (Å²) in [6, 6.07) is 1.95. The zero-order chi connectivity index (χ0) is 14.1. The maximum absolute atomic E-state index is 10.3. The molecule has 2 N–H and O–H groups in total. The van der Waals surface area contributed by atoms with E-state index >= 15 is 0 Å². The molecular formula is C14H23N3O2. The number of nitrogens with zero attached hydrogens (tertiary/aromatic N) is 2. The van der Waals surface area contributed by atoms with Crippen LogP contribution in [-0.4, -0.2) is 27.6 Å². The van der Waals surface area contributed by atoms with Crippen molar-refractivity contribution < 1.29 is 9.90 Å². The minimum Gasteiger partial charge on any atom is -0.481 e. The van der Waals surface area contributed by atoms with Gasteiger partial charge in [-0.25, -0.2) is 9.97 Å². The predicted octanol–water partition coefficient (Wildman–Crippen LogP) is 2.79. The van der Waals surface area contributed by atoms with E-state index in [0.29, 0.717) is 0 Å². The highest BCUT2D eigenvalue weighted by molar-refractivity contribution is 5.66. The molecule has 0 fully saturated rings. The summed E-state index contributed by atoms with van der Waals surface area (Å²) in [6.45, 7) is 4.88. The standard InChI is InChI=1S/C14H23N3O2/c1-3-12-16-11(2)10-13(17-12)15-9-7-5-4-6-8-14(18)19/h10H,3-9H2,1-2H3,(H,18,19)(H,15,16,17). The zero-order valence-electron chi connectivity index (χ0n) is 11.8. The molecule has 0 aromatic carbocycles. The van der Waals surface area contributed by atoms with Gasteiger partial charge in [-0.05, 0) is 19.8 Å². The van der Waals surface area contributed by atoms with Crippen molar-refractivity contribution in [2.24, 2.45) is 0 Å². The van der Waals surface area contributed by atoms with Crippen LogP contribution in [0.25, 0.3) is 0 Å². The number of unbranched alkanes of at least 4 members (excludes halogenated alkanes) is 3. The smallest absolute Gasteiger partial charge is 0.303 e. The zero-order valence-corrected chi connectivity index (χ0v) is 11.8. The van der Waals surface area contributed by atoms with Crippen molar-refractivity contribution in [2.75, 3.05) is 11.9 Å². The van der Waals surface area contributed by atoms with E-state index in [2.05, 4.69) is 15.3 Å². The van der Waals surface area contributed by atoms with E-state index < -0.39 is 5.97 Å². The third-order valence-corrected chi connectivity index (χ3v) is 2.84. The van der Waals surface area contributed by atoms with Gasteiger partial charge in [-0.15, -0.1) is 0 Å². The Labute approximate surface area is 114 Å². The van der Waals surface area contributed by atoms with Crippen LogP contribution in [-0.2, 0) is 11.2 Å². The topological polar surface area (TPSA) is 75.1 Å². The molecule has 5 heteroatoms. The molecule has 0 bridgehead atoms. The van der Waals surface area contributed by atoms with Gasteiger partial charge in [0.25, 0.3) is 0 Å². The second kappa shape index (κ2) is 8.45. The lowest BCUT2D eigenvalue weighted by Gasteiger charge is -2.07. The van der Waals surface area contributed by atoms with E-state index in [1.807, 2.05) is 19.9 Å². The monoisotopic (exact) mass is 265 g/mol. The van der Waals surface area contributed by atoms with Crippen LogP contribution in [0.3, 0.4) is 0 Å². The van der Waals surface area contributed by atoms with Crippen LogP contribution < -0.4 is 5.32 Å². The molecular weight excluding hydrogens is 242 g/mol. The summed E-state index contributed by atoms with van der Waals surface area (Å²) in [6.07, 6.45) is 4.93. The van der Waals surface area contributed by atoms with E-state index in [4.69, 9.17) is 5.11 Å². The van der Waals surface area contributed by atoms with E-state index in [1.54, 1.807) is 0 Å². The van der Waals surface area contributed by atoms with Crippen molar-refractivity contribution in [3.05, 3.63) is 17.6 Å². The molecule has 0 saturated heterocycles. The lowest BCUT2D eigenvalue weighted by molar-refractivity contribution is -0.137. The lowest BCUT2D eigenvalue weighted by Crippen LogP contribution is -2.06. The van der Waals surface area contributed by atoms with E-state index in [1.165, 1.54) is 0 Å². The maximum atomic E-state index is 10.3. The number of carbonyl (C=O) groups is 1. The van der Waals surface area contributed by atoms with Crippen molar-refractivity contribution in [3.63, 3.8) is 0 Å². The van der Waals surface area contributed by atoms with Gasteiger partial charge in [0.2, 0.25) is 0 Å². The molecule has 19 heavy (non-hydrogen) atoms. The number of nitrogens with one attached hydrogen (secondary N) is 1. The number of aromatic nitrogens is 2. The molecule has 0 aliphatic carbocycles. The number of rotatable bonds is 9. The number of carboxylic acid groups (broad SMARTS) is 1. The molecule has 0 saturated carbocycles. The molecule has 0 radical (unpaired) electrons. The fourth-order valence-corrected chi connectivity index (χ4v) is 1.85. The van der Waals surface area contributed by atoms with E-state index in [0.717, 1.165) is 56.0 Å². The molecule has 0 amide bonds. The Kier molecular flexibility index (Phi) is 6.85. The van der Waals surface area contributed by atoms with Gasteiger partial charge in [0.1, 0.15) is 11.6 Å². The second-order valence-corrected chi connectivity index (χ2v) is 4.65. The maximum Gasteiger partial charge on any atom is 0.303 e. The summed E-state index contributed by atoms with van der Waals surface area (Å²) in [5, 5.41) is 11.8. The van der Waals surface area contributed by atoms with Gasteiger partial charge in [-0.1, -0.05) is 19.8 Å². The lowest BCUT2D eigenvalue weighted by atomic mass is 10.1. The first-order valence-corrected chi connectivity index (χ1v) is 6.92. The largest absolute Gasteiger partial charge is 0.481 e. The van der Waals surface area contributed by atoms with Crippen LogP contribution in [0.4, 0.5) is 5.82 Å². The first-order chi connectivity index (χ1) is 9.11. The van der Waals surface area contributed by atoms with Crippen molar-refractivity contribution in [1.29, 1.82) is 0 Å². The number of aliphatic carboxylic acids is 1. The minimum absolute atomic E-state index is 0.276. The Morgan fingerprint density at radius 1 is 1.26 bits per heavy atom. The van der Waals surface area contributed by atoms with Crippen molar-refractivity contribution in [3.8, 4) is 0 Å². The molecule has 0 atom stereocenters.